The average molecular weight is 370 g/mol. The first-order chi connectivity index (χ1) is 12.9. The van der Waals surface area contributed by atoms with E-state index in [1.807, 2.05) is 18.2 Å². The van der Waals surface area contributed by atoms with Crippen molar-refractivity contribution >= 4 is 16.8 Å². The van der Waals surface area contributed by atoms with Crippen LogP contribution in [0.3, 0.4) is 0 Å². The second-order valence-corrected chi connectivity index (χ2v) is 8.46. The fourth-order valence-electron chi connectivity index (χ4n) is 4.15. The van der Waals surface area contributed by atoms with Crippen LogP contribution in [0, 0.1) is 11.3 Å². The molecule has 0 bridgehead atoms. The van der Waals surface area contributed by atoms with Crippen molar-refractivity contribution in [2.45, 2.75) is 71.9 Å². The molecule has 1 aromatic carbocycles. The maximum Gasteiger partial charge on any atom is 0.222 e. The van der Waals surface area contributed by atoms with Crippen molar-refractivity contribution in [3.05, 3.63) is 40.7 Å². The summed E-state index contributed by atoms with van der Waals surface area (Å²) in [6, 6.07) is 7.69. The number of nitrogens with one attached hydrogen (secondary N) is 1. The van der Waals surface area contributed by atoms with Crippen molar-refractivity contribution < 1.29 is 4.79 Å². The second kappa shape index (κ2) is 8.24. The molecule has 0 aliphatic heterocycles. The normalized spacial score (nSPS) is 20.6. The van der Waals surface area contributed by atoms with Gasteiger partial charge in [-0.3, -0.25) is 14.3 Å². The lowest BCUT2D eigenvalue weighted by Crippen LogP contribution is -2.40. The number of fused-ring (bicyclic) bond motifs is 1. The van der Waals surface area contributed by atoms with E-state index in [-0.39, 0.29) is 11.3 Å². The highest BCUT2D eigenvalue weighted by Crippen LogP contribution is 2.40. The number of carbonyl (C=O) groups excluding carboxylic acids is 1. The van der Waals surface area contributed by atoms with Crippen molar-refractivity contribution in [3.63, 3.8) is 0 Å². The molecule has 0 saturated heterocycles. The standard InChI is InChI=1S/C22H31N3O2/c1-4-22(2,3)16-9-11-17(12-10-16)24-21(27)13-14-25-19-8-6-5-7-18(19)20(26)15-23-25/h5-8,15-17H,4,9-14H2,1-3H3,(H,24,27). The largest absolute Gasteiger partial charge is 0.353 e. The van der Waals surface area contributed by atoms with Crippen LogP contribution in [-0.2, 0) is 11.3 Å². The number of aryl methyl sites for hydroxylation is 1. The highest BCUT2D eigenvalue weighted by atomic mass is 16.1. The smallest absolute Gasteiger partial charge is 0.222 e. The van der Waals surface area contributed by atoms with Crippen LogP contribution in [0.2, 0.25) is 0 Å². The Bertz CT molecular complexity index is 848. The average Bonchev–Trinajstić information content (AvgIpc) is 2.68. The SMILES string of the molecule is CCC(C)(C)C1CCC(NC(=O)CCn2ncc(=O)c3ccccc32)CC1. The van der Waals surface area contributed by atoms with Gasteiger partial charge in [-0.1, -0.05) is 39.3 Å². The van der Waals surface area contributed by atoms with E-state index in [9.17, 15) is 9.59 Å². The van der Waals surface area contributed by atoms with Crippen LogP contribution in [0.15, 0.2) is 35.3 Å². The van der Waals surface area contributed by atoms with E-state index in [2.05, 4.69) is 31.2 Å². The summed E-state index contributed by atoms with van der Waals surface area (Å²) in [5.74, 6) is 0.824. The van der Waals surface area contributed by atoms with Gasteiger partial charge in [0.2, 0.25) is 11.3 Å². The third kappa shape index (κ3) is 4.57. The molecule has 5 heteroatoms. The van der Waals surface area contributed by atoms with Crippen molar-refractivity contribution in [3.8, 4) is 0 Å². The molecule has 1 heterocycles. The van der Waals surface area contributed by atoms with Gasteiger partial charge in [-0.05, 0) is 49.1 Å². The molecule has 1 aliphatic rings. The van der Waals surface area contributed by atoms with E-state index in [0.717, 1.165) is 24.3 Å². The number of benzene rings is 1. The fraction of sp³-hybridized carbons (Fsp3) is 0.591. The Morgan fingerprint density at radius 3 is 2.63 bits per heavy atom. The van der Waals surface area contributed by atoms with Crippen molar-refractivity contribution in [2.75, 3.05) is 0 Å². The van der Waals surface area contributed by atoms with Gasteiger partial charge in [-0.2, -0.15) is 5.10 Å². The number of hydrogen-bond donors (Lipinski definition) is 1. The quantitative estimate of drug-likeness (QED) is 0.840. The molecule has 1 N–H and O–H groups in total. The number of rotatable bonds is 6. The molecule has 3 rings (SSSR count). The first kappa shape index (κ1) is 19.6. The number of aromatic nitrogens is 2. The topological polar surface area (TPSA) is 64.0 Å². The molecule has 27 heavy (non-hydrogen) atoms. The molecule has 1 fully saturated rings. The van der Waals surface area contributed by atoms with Crippen LogP contribution < -0.4 is 10.7 Å². The molecular weight excluding hydrogens is 338 g/mol. The molecule has 1 aromatic heterocycles. The predicted octanol–water partition coefficient (Wildman–Crippen LogP) is 3.90. The Hall–Kier alpha value is -2.17. The summed E-state index contributed by atoms with van der Waals surface area (Å²) in [4.78, 5) is 24.3. The lowest BCUT2D eigenvalue weighted by atomic mass is 9.69. The molecule has 0 radical (unpaired) electrons. The fourth-order valence-corrected chi connectivity index (χ4v) is 4.15. The Kier molecular flexibility index (Phi) is 5.98. The third-order valence-electron chi connectivity index (χ3n) is 6.42. The number of hydrogen-bond acceptors (Lipinski definition) is 3. The minimum atomic E-state index is -0.0851. The first-order valence-electron chi connectivity index (χ1n) is 10.1. The van der Waals surface area contributed by atoms with Crippen LogP contribution in [0.5, 0.6) is 0 Å². The number of para-hydroxylation sites is 1. The summed E-state index contributed by atoms with van der Waals surface area (Å²) in [5, 5.41) is 8.04. The first-order valence-corrected chi connectivity index (χ1v) is 10.1. The molecule has 146 valence electrons. The monoisotopic (exact) mass is 369 g/mol. The second-order valence-electron chi connectivity index (χ2n) is 8.46. The van der Waals surface area contributed by atoms with Gasteiger partial charge in [0.15, 0.2) is 0 Å². The van der Waals surface area contributed by atoms with Crippen LogP contribution >= 0.6 is 0 Å². The summed E-state index contributed by atoms with van der Waals surface area (Å²) in [7, 11) is 0. The van der Waals surface area contributed by atoms with Crippen LogP contribution in [0.4, 0.5) is 0 Å². The van der Waals surface area contributed by atoms with Gasteiger partial charge in [0.05, 0.1) is 18.3 Å². The summed E-state index contributed by atoms with van der Waals surface area (Å²) in [6.45, 7) is 7.46. The van der Waals surface area contributed by atoms with E-state index >= 15 is 0 Å². The molecule has 2 aromatic rings. The highest BCUT2D eigenvalue weighted by molar-refractivity contribution is 5.79. The van der Waals surface area contributed by atoms with Gasteiger partial charge >= 0.3 is 0 Å². The van der Waals surface area contributed by atoms with Crippen LogP contribution in [0.1, 0.15) is 59.3 Å². The summed E-state index contributed by atoms with van der Waals surface area (Å²) in [5.41, 5.74) is 1.09. The zero-order chi connectivity index (χ0) is 19.4. The van der Waals surface area contributed by atoms with Crippen molar-refractivity contribution in [2.24, 2.45) is 11.3 Å². The molecule has 1 amide bonds. The number of carbonyl (C=O) groups is 1. The summed E-state index contributed by atoms with van der Waals surface area (Å²) >= 11 is 0. The zero-order valence-corrected chi connectivity index (χ0v) is 16.7. The van der Waals surface area contributed by atoms with Crippen molar-refractivity contribution in [1.82, 2.24) is 15.1 Å². The number of amides is 1. The minimum absolute atomic E-state index is 0.0674. The van der Waals surface area contributed by atoms with E-state index < -0.39 is 0 Å². The molecule has 1 aliphatic carbocycles. The van der Waals surface area contributed by atoms with Gasteiger partial charge in [0.1, 0.15) is 0 Å². The highest BCUT2D eigenvalue weighted by Gasteiger charge is 2.32. The summed E-state index contributed by atoms with van der Waals surface area (Å²) in [6.07, 6.45) is 7.43. The van der Waals surface area contributed by atoms with Gasteiger partial charge in [-0.15, -0.1) is 0 Å². The lowest BCUT2D eigenvalue weighted by Gasteiger charge is -2.39. The van der Waals surface area contributed by atoms with Crippen molar-refractivity contribution in [1.29, 1.82) is 0 Å². The van der Waals surface area contributed by atoms with Crippen LogP contribution in [-0.4, -0.2) is 21.7 Å². The molecule has 0 spiro atoms. The van der Waals surface area contributed by atoms with E-state index in [1.54, 1.807) is 10.7 Å². The van der Waals surface area contributed by atoms with Gasteiger partial charge < -0.3 is 5.32 Å². The Morgan fingerprint density at radius 2 is 1.93 bits per heavy atom. The third-order valence-corrected chi connectivity index (χ3v) is 6.42. The predicted molar refractivity (Wildman–Crippen MR) is 109 cm³/mol. The van der Waals surface area contributed by atoms with E-state index in [4.69, 9.17) is 0 Å². The van der Waals surface area contributed by atoms with Gasteiger partial charge in [0.25, 0.3) is 0 Å². The molecule has 5 nitrogen and oxygen atoms in total. The maximum atomic E-state index is 12.4. The summed E-state index contributed by atoms with van der Waals surface area (Å²) < 4.78 is 1.75. The molecule has 0 unspecified atom stereocenters. The van der Waals surface area contributed by atoms with Gasteiger partial charge in [-0.25, -0.2) is 0 Å². The number of nitrogens with zero attached hydrogens (tertiary/aromatic N) is 2. The molecule has 1 saturated carbocycles. The Morgan fingerprint density at radius 1 is 1.22 bits per heavy atom. The molecule has 0 atom stereocenters. The maximum absolute atomic E-state index is 12.4. The van der Waals surface area contributed by atoms with E-state index in [1.165, 1.54) is 25.5 Å². The zero-order valence-electron chi connectivity index (χ0n) is 16.7. The lowest BCUT2D eigenvalue weighted by molar-refractivity contribution is -0.122. The Balaban J connectivity index is 1.53. The Labute approximate surface area is 161 Å². The van der Waals surface area contributed by atoms with E-state index in [0.29, 0.717) is 29.8 Å². The van der Waals surface area contributed by atoms with Gasteiger partial charge in [0, 0.05) is 17.8 Å². The molecular formula is C22H31N3O2. The van der Waals surface area contributed by atoms with Crippen LogP contribution in [0.25, 0.3) is 10.9 Å². The minimum Gasteiger partial charge on any atom is -0.353 e.